The average Bonchev–Trinajstić information content (AvgIpc) is 2.58. The van der Waals surface area contributed by atoms with E-state index in [1.54, 1.807) is 0 Å². The van der Waals surface area contributed by atoms with E-state index in [4.69, 9.17) is 0 Å². The highest BCUT2D eigenvalue weighted by Crippen LogP contribution is 2.35. The molecule has 0 spiro atoms. The lowest BCUT2D eigenvalue weighted by molar-refractivity contribution is -0.138. The highest BCUT2D eigenvalue weighted by Gasteiger charge is 2.24. The van der Waals surface area contributed by atoms with Crippen molar-refractivity contribution in [1.82, 2.24) is 4.98 Å². The lowest BCUT2D eigenvalue weighted by Crippen LogP contribution is -2.11. The number of aryl methyl sites for hydroxylation is 1. The second-order valence-corrected chi connectivity index (χ2v) is 4.98. The first kappa shape index (κ1) is 12.2. The fourth-order valence-corrected chi connectivity index (χ4v) is 2.88. The maximum atomic E-state index is 11.3. The van der Waals surface area contributed by atoms with Gasteiger partial charge in [-0.05, 0) is 31.0 Å². The van der Waals surface area contributed by atoms with Crippen molar-refractivity contribution in [2.24, 2.45) is 0 Å². The van der Waals surface area contributed by atoms with Gasteiger partial charge in [0.1, 0.15) is 0 Å². The van der Waals surface area contributed by atoms with Crippen molar-refractivity contribution in [2.75, 3.05) is 0 Å². The van der Waals surface area contributed by atoms with E-state index >= 15 is 0 Å². The Morgan fingerprint density at radius 3 is 2.82 bits per heavy atom. The summed E-state index contributed by atoms with van der Waals surface area (Å²) in [5, 5.41) is 10.3. The molecule has 0 aliphatic rings. The molecule has 3 nitrogen and oxygen atoms in total. The van der Waals surface area contributed by atoms with Crippen molar-refractivity contribution < 1.29 is 9.90 Å². The van der Waals surface area contributed by atoms with Crippen molar-refractivity contribution in [2.45, 2.75) is 26.2 Å². The van der Waals surface area contributed by atoms with Crippen LogP contribution in [0.15, 0.2) is 22.7 Å². The molecule has 0 radical (unpaired) electrons. The van der Waals surface area contributed by atoms with Crippen LogP contribution in [-0.2, 0) is 4.79 Å². The van der Waals surface area contributed by atoms with Crippen LogP contribution in [0.4, 0.5) is 0 Å². The molecule has 1 atom stereocenters. The van der Waals surface area contributed by atoms with Crippen LogP contribution in [0.25, 0.3) is 10.9 Å². The summed E-state index contributed by atoms with van der Waals surface area (Å²) in [5.41, 5.74) is 2.80. The molecule has 0 fully saturated rings. The minimum atomic E-state index is -0.771. The Labute approximate surface area is 108 Å². The van der Waals surface area contributed by atoms with Gasteiger partial charge < -0.3 is 10.1 Å². The molecule has 2 aromatic rings. The molecule has 1 heterocycles. The van der Waals surface area contributed by atoms with E-state index in [1.165, 1.54) is 0 Å². The molecule has 0 saturated carbocycles. The highest BCUT2D eigenvalue weighted by atomic mass is 79.9. The predicted molar refractivity (Wildman–Crippen MR) is 71.4 cm³/mol. The number of fused-ring (bicyclic) bond motifs is 1. The number of aliphatic carboxylic acids is 1. The summed E-state index contributed by atoms with van der Waals surface area (Å²) in [7, 11) is 0. The molecule has 0 saturated heterocycles. The zero-order valence-corrected chi connectivity index (χ0v) is 11.3. The van der Waals surface area contributed by atoms with Crippen LogP contribution >= 0.6 is 15.9 Å². The van der Waals surface area contributed by atoms with Gasteiger partial charge >= 0.3 is 5.97 Å². The molecule has 0 aliphatic heterocycles. The van der Waals surface area contributed by atoms with Crippen LogP contribution < -0.4 is 0 Å². The standard InChI is InChI=1S/C13H14BrNO2/c1-3-8(13(16)17)11-7(2)15-10-6-4-5-9(14)12(10)11/h4-6,8,15H,3H2,1-2H3,(H,16,17). The van der Waals surface area contributed by atoms with Crippen LogP contribution in [0.1, 0.15) is 30.5 Å². The smallest absolute Gasteiger partial charge is 0.311 e. The second kappa shape index (κ2) is 4.53. The van der Waals surface area contributed by atoms with E-state index in [9.17, 15) is 9.90 Å². The monoisotopic (exact) mass is 295 g/mol. The first-order valence-electron chi connectivity index (χ1n) is 5.55. The number of aromatic amines is 1. The predicted octanol–water partition coefficient (Wildman–Crippen LogP) is 3.82. The van der Waals surface area contributed by atoms with Crippen molar-refractivity contribution in [3.05, 3.63) is 33.9 Å². The largest absolute Gasteiger partial charge is 0.481 e. The Kier molecular flexibility index (Phi) is 3.24. The molecule has 4 heteroatoms. The Bertz CT molecular complexity index is 574. The van der Waals surface area contributed by atoms with Gasteiger partial charge in [0.15, 0.2) is 0 Å². The number of benzene rings is 1. The van der Waals surface area contributed by atoms with Crippen molar-refractivity contribution in [3.63, 3.8) is 0 Å². The van der Waals surface area contributed by atoms with Gasteiger partial charge in [0.05, 0.1) is 5.92 Å². The number of carboxylic acids is 1. The highest BCUT2D eigenvalue weighted by molar-refractivity contribution is 9.10. The molecule has 0 bridgehead atoms. The Balaban J connectivity index is 2.75. The number of rotatable bonds is 3. The van der Waals surface area contributed by atoms with Crippen molar-refractivity contribution in [1.29, 1.82) is 0 Å². The quantitative estimate of drug-likeness (QED) is 0.904. The van der Waals surface area contributed by atoms with Crippen molar-refractivity contribution >= 4 is 32.8 Å². The van der Waals surface area contributed by atoms with E-state index in [0.29, 0.717) is 6.42 Å². The second-order valence-electron chi connectivity index (χ2n) is 4.13. The van der Waals surface area contributed by atoms with E-state index in [-0.39, 0.29) is 0 Å². The zero-order chi connectivity index (χ0) is 12.6. The number of nitrogens with one attached hydrogen (secondary N) is 1. The molecule has 0 aliphatic carbocycles. The molecular formula is C13H14BrNO2. The third kappa shape index (κ3) is 1.97. The molecule has 17 heavy (non-hydrogen) atoms. The van der Waals surface area contributed by atoms with Crippen LogP contribution in [0.5, 0.6) is 0 Å². The molecule has 1 unspecified atom stereocenters. The van der Waals surface area contributed by atoms with Gasteiger partial charge in [-0.2, -0.15) is 0 Å². The Hall–Kier alpha value is -1.29. The van der Waals surface area contributed by atoms with Crippen LogP contribution in [0.2, 0.25) is 0 Å². The van der Waals surface area contributed by atoms with Gasteiger partial charge in [0, 0.05) is 21.1 Å². The zero-order valence-electron chi connectivity index (χ0n) is 9.75. The van der Waals surface area contributed by atoms with Gasteiger partial charge in [0.25, 0.3) is 0 Å². The van der Waals surface area contributed by atoms with Crippen LogP contribution in [0, 0.1) is 6.92 Å². The minimum Gasteiger partial charge on any atom is -0.481 e. The van der Waals surface area contributed by atoms with E-state index in [1.807, 2.05) is 32.0 Å². The third-order valence-corrected chi connectivity index (χ3v) is 3.72. The first-order chi connectivity index (χ1) is 8.06. The van der Waals surface area contributed by atoms with Gasteiger partial charge in [-0.15, -0.1) is 0 Å². The molecule has 2 rings (SSSR count). The number of hydrogen-bond donors (Lipinski definition) is 2. The lowest BCUT2D eigenvalue weighted by Gasteiger charge is -2.11. The average molecular weight is 296 g/mol. The number of carboxylic acid groups (broad SMARTS) is 1. The van der Waals surface area contributed by atoms with Crippen molar-refractivity contribution in [3.8, 4) is 0 Å². The Morgan fingerprint density at radius 2 is 2.24 bits per heavy atom. The normalized spacial score (nSPS) is 12.9. The molecule has 0 amide bonds. The number of aromatic nitrogens is 1. The van der Waals surface area contributed by atoms with Gasteiger partial charge in [0.2, 0.25) is 0 Å². The third-order valence-electron chi connectivity index (χ3n) is 3.06. The van der Waals surface area contributed by atoms with E-state index in [0.717, 1.165) is 26.6 Å². The van der Waals surface area contributed by atoms with Crippen LogP contribution in [0.3, 0.4) is 0 Å². The SMILES string of the molecule is CCC(C(=O)O)c1c(C)[nH]c2cccc(Br)c12. The van der Waals surface area contributed by atoms with Crippen LogP contribution in [-0.4, -0.2) is 16.1 Å². The summed E-state index contributed by atoms with van der Waals surface area (Å²) in [4.78, 5) is 14.6. The molecule has 1 aromatic heterocycles. The summed E-state index contributed by atoms with van der Waals surface area (Å²) in [6, 6.07) is 5.84. The van der Waals surface area contributed by atoms with Gasteiger partial charge in [-0.1, -0.05) is 28.9 Å². The molecule has 1 aromatic carbocycles. The fraction of sp³-hybridized carbons (Fsp3) is 0.308. The van der Waals surface area contributed by atoms with E-state index in [2.05, 4.69) is 20.9 Å². The number of carbonyl (C=O) groups is 1. The number of H-pyrrole nitrogens is 1. The van der Waals surface area contributed by atoms with Gasteiger partial charge in [-0.25, -0.2) is 0 Å². The summed E-state index contributed by atoms with van der Waals surface area (Å²) >= 11 is 3.49. The summed E-state index contributed by atoms with van der Waals surface area (Å²) in [6.07, 6.45) is 0.588. The van der Waals surface area contributed by atoms with Gasteiger partial charge in [-0.3, -0.25) is 4.79 Å². The topological polar surface area (TPSA) is 53.1 Å². The summed E-state index contributed by atoms with van der Waals surface area (Å²) in [5.74, 6) is -1.23. The Morgan fingerprint density at radius 1 is 1.53 bits per heavy atom. The lowest BCUT2D eigenvalue weighted by atomic mass is 9.94. The number of hydrogen-bond acceptors (Lipinski definition) is 1. The maximum absolute atomic E-state index is 11.3. The maximum Gasteiger partial charge on any atom is 0.311 e. The summed E-state index contributed by atoms with van der Waals surface area (Å²) < 4.78 is 0.939. The molecule has 90 valence electrons. The summed E-state index contributed by atoms with van der Waals surface area (Å²) in [6.45, 7) is 3.82. The van der Waals surface area contributed by atoms with E-state index < -0.39 is 11.9 Å². The fourth-order valence-electron chi connectivity index (χ4n) is 2.30. The molecule has 2 N–H and O–H groups in total. The first-order valence-corrected chi connectivity index (χ1v) is 6.35. The number of halogens is 1. The molecular weight excluding hydrogens is 282 g/mol. The minimum absolute atomic E-state index is 0.456.